The van der Waals surface area contributed by atoms with Crippen LogP contribution in [0, 0.1) is 6.92 Å². The number of aromatic hydroxyl groups is 1. The Balaban J connectivity index is 1.97. The second-order valence-corrected chi connectivity index (χ2v) is 4.44. The Morgan fingerprint density at radius 3 is 2.19 bits per heavy atom. The van der Waals surface area contributed by atoms with Gasteiger partial charge in [0.1, 0.15) is 5.75 Å². The van der Waals surface area contributed by atoms with Gasteiger partial charge in [0.25, 0.3) is 0 Å². The largest absolute Gasteiger partial charge is 0.508 e. The number of anilines is 1. The molecule has 0 saturated carbocycles. The zero-order valence-corrected chi connectivity index (χ0v) is 9.79. The first-order chi connectivity index (χ1) is 7.74. The molecular weight excluding hydrogens is 218 g/mol. The molecule has 0 aromatic heterocycles. The highest BCUT2D eigenvalue weighted by Crippen LogP contribution is 2.22. The van der Waals surface area contributed by atoms with Crippen LogP contribution < -0.4 is 4.72 Å². The first-order valence-electron chi connectivity index (χ1n) is 5.02. The molecule has 0 radical (unpaired) electrons. The van der Waals surface area contributed by atoms with Gasteiger partial charge in [-0.3, -0.25) is 0 Å². The third-order valence-corrected chi connectivity index (χ3v) is 3.02. The molecule has 0 amide bonds. The summed E-state index contributed by atoms with van der Waals surface area (Å²) in [5, 5.41) is 9.14. The van der Waals surface area contributed by atoms with Crippen LogP contribution >= 0.6 is 11.9 Å². The van der Waals surface area contributed by atoms with Gasteiger partial charge in [0.2, 0.25) is 0 Å². The standard InChI is InChI=1S/C13H13NOS/c1-10-2-8-13(9-3-10)16-14-11-4-6-12(15)7-5-11/h2-9,14-15H,1H3. The number of hydrogen-bond donors (Lipinski definition) is 2. The molecule has 0 bridgehead atoms. The second kappa shape index (κ2) is 4.94. The number of benzene rings is 2. The van der Waals surface area contributed by atoms with Crippen molar-refractivity contribution in [3.8, 4) is 5.75 Å². The SMILES string of the molecule is Cc1ccc(SNc2ccc(O)cc2)cc1. The van der Waals surface area contributed by atoms with E-state index in [1.54, 1.807) is 24.1 Å². The molecule has 0 aliphatic carbocycles. The first kappa shape index (κ1) is 10.9. The highest BCUT2D eigenvalue weighted by Gasteiger charge is 1.95. The summed E-state index contributed by atoms with van der Waals surface area (Å²) < 4.78 is 3.21. The van der Waals surface area contributed by atoms with Gasteiger partial charge >= 0.3 is 0 Å². The van der Waals surface area contributed by atoms with Crippen molar-refractivity contribution in [2.45, 2.75) is 11.8 Å². The fourth-order valence-corrected chi connectivity index (χ4v) is 1.90. The van der Waals surface area contributed by atoms with Crippen LogP contribution in [0.2, 0.25) is 0 Å². The Kier molecular flexibility index (Phi) is 3.37. The predicted octanol–water partition coefficient (Wildman–Crippen LogP) is 3.82. The molecule has 3 heteroatoms. The number of phenols is 1. The average molecular weight is 231 g/mol. The van der Waals surface area contributed by atoms with E-state index in [1.807, 2.05) is 12.1 Å². The number of rotatable bonds is 3. The molecule has 0 heterocycles. The Labute approximate surface area is 99.5 Å². The molecule has 2 N–H and O–H groups in total. The first-order valence-corrected chi connectivity index (χ1v) is 5.84. The van der Waals surface area contributed by atoms with E-state index in [2.05, 4.69) is 35.9 Å². The third-order valence-electron chi connectivity index (χ3n) is 2.18. The van der Waals surface area contributed by atoms with Crippen molar-refractivity contribution in [1.82, 2.24) is 0 Å². The van der Waals surface area contributed by atoms with Gasteiger partial charge in [-0.05, 0) is 55.3 Å². The number of nitrogens with one attached hydrogen (secondary N) is 1. The minimum Gasteiger partial charge on any atom is -0.508 e. The minimum atomic E-state index is 0.283. The summed E-state index contributed by atoms with van der Waals surface area (Å²) in [5.74, 6) is 0.283. The summed E-state index contributed by atoms with van der Waals surface area (Å²) in [5.41, 5.74) is 2.23. The molecule has 0 aliphatic heterocycles. The summed E-state index contributed by atoms with van der Waals surface area (Å²) in [6.45, 7) is 2.07. The van der Waals surface area contributed by atoms with Crippen molar-refractivity contribution in [3.63, 3.8) is 0 Å². The maximum absolute atomic E-state index is 9.14. The Hall–Kier alpha value is -1.61. The van der Waals surface area contributed by atoms with Crippen LogP contribution in [0.15, 0.2) is 53.4 Å². The number of phenolic OH excluding ortho intramolecular Hbond substituents is 1. The van der Waals surface area contributed by atoms with Crippen LogP contribution in [0.3, 0.4) is 0 Å². The summed E-state index contributed by atoms with van der Waals surface area (Å²) >= 11 is 1.56. The molecule has 82 valence electrons. The summed E-state index contributed by atoms with van der Waals surface area (Å²) in [6, 6.07) is 15.3. The predicted molar refractivity (Wildman–Crippen MR) is 68.8 cm³/mol. The van der Waals surface area contributed by atoms with Crippen molar-refractivity contribution in [1.29, 1.82) is 0 Å². The fraction of sp³-hybridized carbons (Fsp3) is 0.0769. The van der Waals surface area contributed by atoms with E-state index in [1.165, 1.54) is 10.5 Å². The number of hydrogen-bond acceptors (Lipinski definition) is 3. The quantitative estimate of drug-likeness (QED) is 0.622. The van der Waals surface area contributed by atoms with Gasteiger partial charge in [-0.15, -0.1) is 0 Å². The van der Waals surface area contributed by atoms with E-state index in [9.17, 15) is 0 Å². The molecule has 0 saturated heterocycles. The van der Waals surface area contributed by atoms with E-state index >= 15 is 0 Å². The zero-order chi connectivity index (χ0) is 11.4. The summed E-state index contributed by atoms with van der Waals surface area (Å²) in [6.07, 6.45) is 0. The van der Waals surface area contributed by atoms with E-state index in [4.69, 9.17) is 5.11 Å². The van der Waals surface area contributed by atoms with Crippen LogP contribution in [-0.4, -0.2) is 5.11 Å². The molecule has 2 nitrogen and oxygen atoms in total. The molecule has 0 fully saturated rings. The van der Waals surface area contributed by atoms with Gasteiger partial charge in [-0.1, -0.05) is 17.7 Å². The Bertz CT molecular complexity index is 405. The van der Waals surface area contributed by atoms with Crippen molar-refractivity contribution in [3.05, 3.63) is 54.1 Å². The molecule has 2 rings (SSSR count). The maximum Gasteiger partial charge on any atom is 0.115 e. The highest BCUT2D eigenvalue weighted by atomic mass is 32.2. The average Bonchev–Trinajstić information content (AvgIpc) is 2.30. The van der Waals surface area contributed by atoms with Gasteiger partial charge in [-0.25, -0.2) is 0 Å². The summed E-state index contributed by atoms with van der Waals surface area (Å²) in [4.78, 5) is 1.17. The molecule has 16 heavy (non-hydrogen) atoms. The smallest absolute Gasteiger partial charge is 0.115 e. The molecular formula is C13H13NOS. The third kappa shape index (κ3) is 2.94. The highest BCUT2D eigenvalue weighted by molar-refractivity contribution is 8.00. The van der Waals surface area contributed by atoms with E-state index in [0.717, 1.165) is 5.69 Å². The van der Waals surface area contributed by atoms with E-state index in [-0.39, 0.29) is 5.75 Å². The summed E-state index contributed by atoms with van der Waals surface area (Å²) in [7, 11) is 0. The van der Waals surface area contributed by atoms with Crippen LogP contribution in [0.5, 0.6) is 5.75 Å². The van der Waals surface area contributed by atoms with E-state index < -0.39 is 0 Å². The molecule has 0 spiro atoms. The van der Waals surface area contributed by atoms with E-state index in [0.29, 0.717) is 0 Å². The van der Waals surface area contributed by atoms with Gasteiger partial charge in [0.15, 0.2) is 0 Å². The lowest BCUT2D eigenvalue weighted by Gasteiger charge is -2.05. The van der Waals surface area contributed by atoms with Crippen molar-refractivity contribution < 1.29 is 5.11 Å². The normalized spacial score (nSPS) is 10.1. The lowest BCUT2D eigenvalue weighted by atomic mass is 10.2. The minimum absolute atomic E-state index is 0.283. The van der Waals surface area contributed by atoms with Crippen LogP contribution in [0.1, 0.15) is 5.56 Å². The van der Waals surface area contributed by atoms with Crippen LogP contribution in [0.4, 0.5) is 5.69 Å². The molecule has 0 unspecified atom stereocenters. The molecule has 0 aliphatic rings. The fourth-order valence-electron chi connectivity index (χ4n) is 1.25. The lowest BCUT2D eigenvalue weighted by Crippen LogP contribution is -1.85. The van der Waals surface area contributed by atoms with Gasteiger partial charge in [0, 0.05) is 10.6 Å². The van der Waals surface area contributed by atoms with Gasteiger partial charge in [0.05, 0.1) is 0 Å². The van der Waals surface area contributed by atoms with Crippen molar-refractivity contribution in [2.75, 3.05) is 4.72 Å². The second-order valence-electron chi connectivity index (χ2n) is 3.56. The maximum atomic E-state index is 9.14. The molecule has 0 atom stereocenters. The molecule has 2 aromatic rings. The Morgan fingerprint density at radius 1 is 0.938 bits per heavy atom. The van der Waals surface area contributed by atoms with Crippen molar-refractivity contribution in [2.24, 2.45) is 0 Å². The van der Waals surface area contributed by atoms with Crippen LogP contribution in [0.25, 0.3) is 0 Å². The zero-order valence-electron chi connectivity index (χ0n) is 8.97. The van der Waals surface area contributed by atoms with Crippen LogP contribution in [-0.2, 0) is 0 Å². The number of aryl methyl sites for hydroxylation is 1. The topological polar surface area (TPSA) is 32.3 Å². The monoisotopic (exact) mass is 231 g/mol. The molecule has 2 aromatic carbocycles. The lowest BCUT2D eigenvalue weighted by molar-refractivity contribution is 0.475. The Morgan fingerprint density at radius 2 is 1.56 bits per heavy atom. The van der Waals surface area contributed by atoms with Gasteiger partial charge in [-0.2, -0.15) is 0 Å². The van der Waals surface area contributed by atoms with Gasteiger partial charge < -0.3 is 9.83 Å². The van der Waals surface area contributed by atoms with Crippen molar-refractivity contribution >= 4 is 17.6 Å².